The molecule has 1 aliphatic heterocycles. The molecule has 0 fully saturated rings. The van der Waals surface area contributed by atoms with Crippen LogP contribution in [0.4, 0.5) is 24.8 Å². The van der Waals surface area contributed by atoms with E-state index in [0.29, 0.717) is 22.7 Å². The topological polar surface area (TPSA) is 73.4 Å². The standard InChI is InChI=1S/C12H7F3N4O/c13-6-3-5(1-2-7(6)20-12(14)15)9-8-10(16)17-4-18-11(8)19-9/h1-4,12H,(H2,16,17,18,19). The fraction of sp³-hybridized carbons (Fsp3) is 0.0833. The predicted molar refractivity (Wildman–Crippen MR) is 64.8 cm³/mol. The van der Waals surface area contributed by atoms with E-state index in [1.54, 1.807) is 0 Å². The third-order valence-corrected chi connectivity index (χ3v) is 2.73. The van der Waals surface area contributed by atoms with E-state index >= 15 is 0 Å². The first-order valence-corrected chi connectivity index (χ1v) is 5.50. The lowest BCUT2D eigenvalue weighted by atomic mass is 9.98. The minimum atomic E-state index is -3.08. The summed E-state index contributed by atoms with van der Waals surface area (Å²) in [6.07, 6.45) is 1.27. The molecule has 0 spiro atoms. The number of aliphatic imine (C=N–C) groups is 1. The average molecular weight is 280 g/mol. The number of rotatable bonds is 3. The van der Waals surface area contributed by atoms with Crippen LogP contribution in [-0.4, -0.2) is 22.3 Å². The first-order chi connectivity index (χ1) is 9.56. The SMILES string of the molecule is Nc1ncnc2c1C(c1ccc(OC(F)F)c(F)c1)=N2. The number of anilines is 1. The summed E-state index contributed by atoms with van der Waals surface area (Å²) in [4.78, 5) is 11.8. The first-order valence-electron chi connectivity index (χ1n) is 5.50. The lowest BCUT2D eigenvalue weighted by molar-refractivity contribution is -0.0521. The minimum absolute atomic E-state index is 0.230. The van der Waals surface area contributed by atoms with Gasteiger partial charge in [-0.2, -0.15) is 8.78 Å². The number of alkyl halides is 2. The van der Waals surface area contributed by atoms with Gasteiger partial charge in [0.1, 0.15) is 12.1 Å². The smallest absolute Gasteiger partial charge is 0.387 e. The molecule has 0 amide bonds. The van der Waals surface area contributed by atoms with E-state index in [2.05, 4.69) is 19.7 Å². The van der Waals surface area contributed by atoms with E-state index in [0.717, 1.165) is 12.1 Å². The number of nitrogen functional groups attached to an aromatic ring is 1. The van der Waals surface area contributed by atoms with E-state index in [9.17, 15) is 13.2 Å². The summed E-state index contributed by atoms with van der Waals surface area (Å²) in [7, 11) is 0. The molecule has 2 heterocycles. The Hall–Kier alpha value is -2.64. The predicted octanol–water partition coefficient (Wildman–Crippen LogP) is 2.28. The molecule has 1 aromatic heterocycles. The molecule has 102 valence electrons. The van der Waals surface area contributed by atoms with Crippen LogP contribution >= 0.6 is 0 Å². The van der Waals surface area contributed by atoms with Crippen LogP contribution in [-0.2, 0) is 0 Å². The van der Waals surface area contributed by atoms with Gasteiger partial charge in [-0.25, -0.2) is 19.4 Å². The molecule has 0 unspecified atom stereocenters. The number of aromatic nitrogens is 2. The Kier molecular flexibility index (Phi) is 2.78. The van der Waals surface area contributed by atoms with Crippen LogP contribution in [0.15, 0.2) is 29.5 Å². The Morgan fingerprint density at radius 3 is 2.65 bits per heavy atom. The molecule has 0 atom stereocenters. The maximum atomic E-state index is 13.6. The van der Waals surface area contributed by atoms with Crippen molar-refractivity contribution in [3.8, 4) is 5.75 Å². The van der Waals surface area contributed by atoms with Crippen molar-refractivity contribution in [2.45, 2.75) is 6.61 Å². The van der Waals surface area contributed by atoms with Crippen LogP contribution in [0.1, 0.15) is 11.1 Å². The van der Waals surface area contributed by atoms with Crippen molar-refractivity contribution >= 4 is 17.3 Å². The highest BCUT2D eigenvalue weighted by Crippen LogP contribution is 2.34. The highest BCUT2D eigenvalue weighted by molar-refractivity contribution is 6.23. The molecule has 1 aliphatic rings. The van der Waals surface area contributed by atoms with Gasteiger partial charge in [0.2, 0.25) is 0 Å². The molecule has 2 aromatic rings. The molecule has 8 heteroatoms. The summed E-state index contributed by atoms with van der Waals surface area (Å²) in [5.41, 5.74) is 7.01. The number of benzene rings is 1. The van der Waals surface area contributed by atoms with Gasteiger partial charge in [-0.3, -0.25) is 0 Å². The molecule has 2 N–H and O–H groups in total. The quantitative estimate of drug-likeness (QED) is 0.798. The number of nitrogens with two attached hydrogens (primary N) is 1. The minimum Gasteiger partial charge on any atom is -0.432 e. The molecule has 1 aromatic carbocycles. The zero-order valence-corrected chi connectivity index (χ0v) is 9.85. The summed E-state index contributed by atoms with van der Waals surface area (Å²) >= 11 is 0. The Morgan fingerprint density at radius 1 is 1.20 bits per heavy atom. The number of hydrogen-bond donors (Lipinski definition) is 1. The summed E-state index contributed by atoms with van der Waals surface area (Å²) in [5.74, 6) is -0.787. The van der Waals surface area contributed by atoms with Crippen molar-refractivity contribution in [1.29, 1.82) is 0 Å². The highest BCUT2D eigenvalue weighted by Gasteiger charge is 2.26. The third kappa shape index (κ3) is 1.94. The van der Waals surface area contributed by atoms with Crippen molar-refractivity contribution < 1.29 is 17.9 Å². The highest BCUT2D eigenvalue weighted by atomic mass is 19.3. The van der Waals surface area contributed by atoms with E-state index in [4.69, 9.17) is 5.73 Å². The Labute approximate surface area is 110 Å². The van der Waals surface area contributed by atoms with Crippen LogP contribution in [0.2, 0.25) is 0 Å². The summed E-state index contributed by atoms with van der Waals surface area (Å²) in [6.45, 7) is -3.08. The fourth-order valence-corrected chi connectivity index (χ4v) is 1.86. The number of hydrogen-bond acceptors (Lipinski definition) is 5. The number of halogens is 3. The van der Waals surface area contributed by atoms with E-state index in [1.807, 2.05) is 0 Å². The van der Waals surface area contributed by atoms with Crippen LogP contribution in [0.25, 0.3) is 0 Å². The summed E-state index contributed by atoms with van der Waals surface area (Å²) in [6, 6.07) is 3.57. The zero-order valence-electron chi connectivity index (χ0n) is 9.85. The van der Waals surface area contributed by atoms with Gasteiger partial charge < -0.3 is 10.5 Å². The second-order valence-electron chi connectivity index (χ2n) is 3.94. The van der Waals surface area contributed by atoms with Crippen molar-refractivity contribution in [2.24, 2.45) is 4.99 Å². The van der Waals surface area contributed by atoms with Gasteiger partial charge in [-0.1, -0.05) is 0 Å². The van der Waals surface area contributed by atoms with Crippen molar-refractivity contribution in [1.82, 2.24) is 9.97 Å². The van der Waals surface area contributed by atoms with E-state index in [1.165, 1.54) is 12.4 Å². The van der Waals surface area contributed by atoms with Crippen molar-refractivity contribution in [3.05, 3.63) is 41.5 Å². The van der Waals surface area contributed by atoms with Gasteiger partial charge >= 0.3 is 6.61 Å². The van der Waals surface area contributed by atoms with Crippen LogP contribution in [0.3, 0.4) is 0 Å². The molecule has 0 bridgehead atoms. The van der Waals surface area contributed by atoms with Crippen LogP contribution < -0.4 is 10.5 Å². The summed E-state index contributed by atoms with van der Waals surface area (Å²) in [5, 5.41) is 0. The number of ether oxygens (including phenoxy) is 1. The van der Waals surface area contributed by atoms with E-state index in [-0.39, 0.29) is 5.82 Å². The molecule has 3 rings (SSSR count). The molecule has 20 heavy (non-hydrogen) atoms. The maximum absolute atomic E-state index is 13.6. The van der Waals surface area contributed by atoms with Crippen LogP contribution in [0.5, 0.6) is 5.75 Å². The average Bonchev–Trinajstić information content (AvgIpc) is 2.34. The maximum Gasteiger partial charge on any atom is 0.387 e. The van der Waals surface area contributed by atoms with Gasteiger partial charge in [0.05, 0.1) is 11.3 Å². The molecule has 5 nitrogen and oxygen atoms in total. The number of fused-ring (bicyclic) bond motifs is 1. The van der Waals surface area contributed by atoms with Crippen LogP contribution in [0, 0.1) is 5.82 Å². The second-order valence-corrected chi connectivity index (χ2v) is 3.94. The van der Waals surface area contributed by atoms with Crippen molar-refractivity contribution in [3.63, 3.8) is 0 Å². The zero-order chi connectivity index (χ0) is 14.3. The fourth-order valence-electron chi connectivity index (χ4n) is 1.86. The summed E-state index contributed by atoms with van der Waals surface area (Å²) < 4.78 is 41.7. The van der Waals surface area contributed by atoms with Gasteiger partial charge in [0.25, 0.3) is 0 Å². The van der Waals surface area contributed by atoms with Gasteiger partial charge in [0, 0.05) is 5.56 Å². The van der Waals surface area contributed by atoms with Gasteiger partial charge in [-0.15, -0.1) is 0 Å². The molecule has 0 saturated heterocycles. The van der Waals surface area contributed by atoms with Crippen molar-refractivity contribution in [2.75, 3.05) is 5.73 Å². The molecule has 0 saturated carbocycles. The number of nitrogens with zero attached hydrogens (tertiary/aromatic N) is 3. The largest absolute Gasteiger partial charge is 0.432 e. The lowest BCUT2D eigenvalue weighted by Gasteiger charge is -2.18. The molecule has 0 aliphatic carbocycles. The van der Waals surface area contributed by atoms with Gasteiger partial charge in [0.15, 0.2) is 17.4 Å². The first kappa shape index (κ1) is 12.4. The van der Waals surface area contributed by atoms with Gasteiger partial charge in [-0.05, 0) is 18.2 Å². The second kappa shape index (κ2) is 4.48. The lowest BCUT2D eigenvalue weighted by Crippen LogP contribution is -2.16. The Morgan fingerprint density at radius 2 is 2.00 bits per heavy atom. The Bertz CT molecular complexity index is 718. The monoisotopic (exact) mass is 280 g/mol. The van der Waals surface area contributed by atoms with E-state index < -0.39 is 18.2 Å². The molecule has 0 radical (unpaired) electrons. The molecular formula is C12H7F3N4O. The third-order valence-electron chi connectivity index (χ3n) is 2.73. The Balaban J connectivity index is 1.94. The molecular weight excluding hydrogens is 273 g/mol. The normalized spacial score (nSPS) is 12.7.